The Hall–Kier alpha value is -1.35. The van der Waals surface area contributed by atoms with Crippen molar-refractivity contribution in [2.75, 3.05) is 19.6 Å². The van der Waals surface area contributed by atoms with Crippen molar-refractivity contribution >= 4 is 5.91 Å². The third-order valence-electron chi connectivity index (χ3n) is 5.40. The Bertz CT molecular complexity index is 527. The smallest absolute Gasteiger partial charge is 0.230 e. The van der Waals surface area contributed by atoms with Crippen LogP contribution in [-0.2, 0) is 11.2 Å². The van der Waals surface area contributed by atoms with Crippen LogP contribution < -0.4 is 5.32 Å². The molecule has 0 saturated carbocycles. The van der Waals surface area contributed by atoms with Gasteiger partial charge in [-0.25, -0.2) is 0 Å². The van der Waals surface area contributed by atoms with Crippen LogP contribution in [-0.4, -0.2) is 36.5 Å². The van der Waals surface area contributed by atoms with Gasteiger partial charge in [-0.05, 0) is 42.7 Å². The van der Waals surface area contributed by atoms with Gasteiger partial charge in [0.25, 0.3) is 0 Å². The van der Waals surface area contributed by atoms with E-state index in [-0.39, 0.29) is 5.92 Å². The number of likely N-dealkylation sites (tertiary alicyclic amines) is 1. The van der Waals surface area contributed by atoms with Gasteiger partial charge >= 0.3 is 0 Å². The van der Waals surface area contributed by atoms with Crippen molar-refractivity contribution in [1.29, 1.82) is 0 Å². The van der Waals surface area contributed by atoms with Crippen molar-refractivity contribution in [3.63, 3.8) is 0 Å². The monoisotopic (exact) mass is 270 g/mol. The lowest BCUT2D eigenvalue weighted by atomic mass is 9.82. The summed E-state index contributed by atoms with van der Waals surface area (Å²) in [4.78, 5) is 15.2. The van der Waals surface area contributed by atoms with Crippen molar-refractivity contribution in [2.24, 2.45) is 5.92 Å². The molecule has 3 aliphatic rings. The van der Waals surface area contributed by atoms with Gasteiger partial charge in [0.15, 0.2) is 0 Å². The van der Waals surface area contributed by atoms with E-state index >= 15 is 0 Å². The Kier molecular flexibility index (Phi) is 3.03. The predicted octanol–water partition coefficient (Wildman–Crippen LogP) is 1.93. The van der Waals surface area contributed by atoms with E-state index in [4.69, 9.17) is 0 Å². The van der Waals surface area contributed by atoms with Crippen molar-refractivity contribution in [1.82, 2.24) is 10.2 Å². The maximum atomic E-state index is 13.0. The Balaban J connectivity index is 1.60. The Morgan fingerprint density at radius 3 is 3.05 bits per heavy atom. The first-order valence-electron chi connectivity index (χ1n) is 7.93. The summed E-state index contributed by atoms with van der Waals surface area (Å²) in [6.45, 7) is 3.05. The van der Waals surface area contributed by atoms with Gasteiger partial charge in [0.1, 0.15) is 0 Å². The van der Waals surface area contributed by atoms with E-state index in [9.17, 15) is 4.79 Å². The topological polar surface area (TPSA) is 32.3 Å². The van der Waals surface area contributed by atoms with Crippen LogP contribution in [0.1, 0.15) is 36.3 Å². The average molecular weight is 270 g/mol. The molecule has 3 heteroatoms. The number of rotatable bonds is 1. The molecule has 106 valence electrons. The summed E-state index contributed by atoms with van der Waals surface area (Å²) in [5.74, 6) is 1.19. The molecule has 2 heterocycles. The van der Waals surface area contributed by atoms with E-state index in [1.54, 1.807) is 0 Å². The van der Waals surface area contributed by atoms with Gasteiger partial charge in [-0.15, -0.1) is 0 Å². The normalized spacial score (nSPS) is 32.0. The lowest BCUT2D eigenvalue weighted by Crippen LogP contribution is -2.42. The van der Waals surface area contributed by atoms with E-state index < -0.39 is 0 Å². The lowest BCUT2D eigenvalue weighted by Gasteiger charge is -2.31. The first kappa shape index (κ1) is 12.4. The zero-order valence-corrected chi connectivity index (χ0v) is 11.8. The zero-order chi connectivity index (χ0) is 13.5. The molecule has 0 aromatic heterocycles. The van der Waals surface area contributed by atoms with Gasteiger partial charge in [-0.1, -0.05) is 24.3 Å². The quantitative estimate of drug-likeness (QED) is 0.845. The minimum absolute atomic E-state index is 0.110. The fraction of sp³-hybridized carbons (Fsp3) is 0.588. The molecule has 3 atom stereocenters. The lowest BCUT2D eigenvalue weighted by molar-refractivity contribution is -0.134. The molecule has 0 radical (unpaired) electrons. The zero-order valence-electron chi connectivity index (χ0n) is 11.8. The molecule has 1 unspecified atom stereocenters. The number of amides is 1. The second-order valence-electron chi connectivity index (χ2n) is 6.45. The van der Waals surface area contributed by atoms with Crippen LogP contribution in [0.25, 0.3) is 0 Å². The Labute approximate surface area is 120 Å². The number of nitrogens with one attached hydrogen (secondary N) is 1. The first-order valence-corrected chi connectivity index (χ1v) is 7.93. The third kappa shape index (κ3) is 1.87. The molecule has 3 nitrogen and oxygen atoms in total. The Morgan fingerprint density at radius 2 is 2.10 bits per heavy atom. The molecule has 1 N–H and O–H groups in total. The SMILES string of the molecule is O=C(C1CCCc2ccccc21)N1CC[C@H]2CNC[C@H]21. The van der Waals surface area contributed by atoms with E-state index in [0.717, 1.165) is 38.9 Å². The van der Waals surface area contributed by atoms with E-state index in [1.807, 2.05) is 0 Å². The highest BCUT2D eigenvalue weighted by atomic mass is 16.2. The number of carbonyl (C=O) groups excluding carboxylic acids is 1. The van der Waals surface area contributed by atoms with Crippen LogP contribution in [0.5, 0.6) is 0 Å². The highest BCUT2D eigenvalue weighted by molar-refractivity contribution is 5.85. The van der Waals surface area contributed by atoms with Gasteiger partial charge in [-0.3, -0.25) is 4.79 Å². The number of hydrogen-bond acceptors (Lipinski definition) is 2. The summed E-state index contributed by atoms with van der Waals surface area (Å²) >= 11 is 0. The first-order chi connectivity index (χ1) is 9.84. The van der Waals surface area contributed by atoms with Crippen molar-refractivity contribution in [3.05, 3.63) is 35.4 Å². The molecular weight excluding hydrogens is 248 g/mol. The fourth-order valence-corrected chi connectivity index (χ4v) is 4.33. The van der Waals surface area contributed by atoms with Gasteiger partial charge in [0, 0.05) is 25.7 Å². The van der Waals surface area contributed by atoms with Gasteiger partial charge in [0.2, 0.25) is 5.91 Å². The van der Waals surface area contributed by atoms with Gasteiger partial charge in [-0.2, -0.15) is 0 Å². The highest BCUT2D eigenvalue weighted by Gasteiger charge is 2.42. The molecule has 0 spiro atoms. The molecule has 0 bridgehead atoms. The predicted molar refractivity (Wildman–Crippen MR) is 78.6 cm³/mol. The molecule has 4 rings (SSSR count). The number of carbonyl (C=O) groups is 1. The maximum Gasteiger partial charge on any atom is 0.230 e. The average Bonchev–Trinajstić information content (AvgIpc) is 3.09. The minimum Gasteiger partial charge on any atom is -0.338 e. The Morgan fingerprint density at radius 1 is 1.20 bits per heavy atom. The van der Waals surface area contributed by atoms with E-state index in [0.29, 0.717) is 17.9 Å². The molecule has 2 aliphatic heterocycles. The van der Waals surface area contributed by atoms with Crippen LogP contribution in [0, 0.1) is 5.92 Å². The highest BCUT2D eigenvalue weighted by Crippen LogP contribution is 2.36. The van der Waals surface area contributed by atoms with Gasteiger partial charge in [0.05, 0.1) is 5.92 Å². The van der Waals surface area contributed by atoms with Crippen molar-refractivity contribution in [3.8, 4) is 0 Å². The largest absolute Gasteiger partial charge is 0.338 e. The van der Waals surface area contributed by atoms with Crippen molar-refractivity contribution < 1.29 is 4.79 Å². The summed E-state index contributed by atoms with van der Waals surface area (Å²) < 4.78 is 0. The van der Waals surface area contributed by atoms with E-state index in [2.05, 4.69) is 34.5 Å². The molecule has 1 aromatic rings. The molecular formula is C17H22N2O. The molecule has 2 saturated heterocycles. The fourth-order valence-electron chi connectivity index (χ4n) is 4.33. The number of fused-ring (bicyclic) bond motifs is 2. The van der Waals surface area contributed by atoms with Crippen LogP contribution in [0.3, 0.4) is 0 Å². The van der Waals surface area contributed by atoms with Crippen LogP contribution >= 0.6 is 0 Å². The summed E-state index contributed by atoms with van der Waals surface area (Å²) in [7, 11) is 0. The number of benzene rings is 1. The molecule has 20 heavy (non-hydrogen) atoms. The number of hydrogen-bond donors (Lipinski definition) is 1. The molecule has 1 aliphatic carbocycles. The third-order valence-corrected chi connectivity index (χ3v) is 5.40. The van der Waals surface area contributed by atoms with Crippen LogP contribution in [0.15, 0.2) is 24.3 Å². The summed E-state index contributed by atoms with van der Waals surface area (Å²) in [6.07, 6.45) is 4.48. The molecule has 1 aromatic carbocycles. The second kappa shape index (κ2) is 4.88. The van der Waals surface area contributed by atoms with Crippen LogP contribution in [0.2, 0.25) is 0 Å². The second-order valence-corrected chi connectivity index (χ2v) is 6.45. The summed E-state index contributed by atoms with van der Waals surface area (Å²) in [6, 6.07) is 8.99. The summed E-state index contributed by atoms with van der Waals surface area (Å²) in [5.41, 5.74) is 2.68. The van der Waals surface area contributed by atoms with E-state index in [1.165, 1.54) is 17.5 Å². The summed E-state index contributed by atoms with van der Waals surface area (Å²) in [5, 5.41) is 3.44. The number of nitrogens with zero attached hydrogens (tertiary/aromatic N) is 1. The molecule has 1 amide bonds. The number of aryl methyl sites for hydroxylation is 1. The van der Waals surface area contributed by atoms with Crippen LogP contribution in [0.4, 0.5) is 0 Å². The van der Waals surface area contributed by atoms with Crippen molar-refractivity contribution in [2.45, 2.75) is 37.6 Å². The van der Waals surface area contributed by atoms with Gasteiger partial charge < -0.3 is 10.2 Å². The molecule has 2 fully saturated rings. The minimum atomic E-state index is 0.110. The maximum absolute atomic E-state index is 13.0. The standard InChI is InChI=1S/C17H22N2O/c20-17(19-9-8-13-10-18-11-16(13)19)15-7-3-5-12-4-1-2-6-14(12)15/h1-2,4,6,13,15-16,18H,3,5,7-11H2/t13-,15?,16+/m0/s1.